The molecule has 0 N–H and O–H groups in total. The minimum absolute atomic E-state index is 0.0259. The third-order valence-electron chi connectivity index (χ3n) is 1.01. The monoisotopic (exact) mass is 227 g/mol. The van der Waals surface area contributed by atoms with Gasteiger partial charge < -0.3 is 0 Å². The molecule has 1 atom stereocenters. The maximum Gasteiger partial charge on any atom is 0.555 e. The molecule has 0 aliphatic heterocycles. The zero-order valence-corrected chi connectivity index (χ0v) is 8.91. The van der Waals surface area contributed by atoms with Gasteiger partial charge in [-0.2, -0.15) is 0 Å². The van der Waals surface area contributed by atoms with Crippen molar-refractivity contribution in [3.63, 3.8) is 0 Å². The first-order chi connectivity index (χ1) is 5.66. The van der Waals surface area contributed by atoms with Crippen LogP contribution >= 0.6 is 31.2 Å². The van der Waals surface area contributed by atoms with Crippen LogP contribution in [0.15, 0.2) is 23.4 Å². The molecule has 0 aromatic carbocycles. The Kier molecular flexibility index (Phi) is 7.58. The Morgan fingerprint density at radius 3 is 2.75 bits per heavy atom. The van der Waals surface area contributed by atoms with Crippen LogP contribution in [0.1, 0.15) is 12.8 Å². The van der Waals surface area contributed by atoms with E-state index in [1.165, 1.54) is 0 Å². The summed E-state index contributed by atoms with van der Waals surface area (Å²) in [7, 11) is -1.67. The van der Waals surface area contributed by atoms with E-state index in [1.807, 2.05) is 0 Å². The molecule has 5 heteroatoms. The zero-order chi connectivity index (χ0) is 9.40. The quantitative estimate of drug-likeness (QED) is 0.297. The molecule has 0 fully saturated rings. The van der Waals surface area contributed by atoms with Crippen LogP contribution in [-0.2, 0) is 9.09 Å². The molecule has 0 saturated heterocycles. The summed E-state index contributed by atoms with van der Waals surface area (Å²) in [6.07, 6.45) is 4.98. The van der Waals surface area contributed by atoms with Gasteiger partial charge >= 0.3 is 8.03 Å². The molecule has 2 nitrogen and oxygen atoms in total. The molecular formula is C7H10Cl2O2P+. The summed E-state index contributed by atoms with van der Waals surface area (Å²) in [5, 5.41) is 0. The van der Waals surface area contributed by atoms with Crippen molar-refractivity contribution in [3.8, 4) is 0 Å². The molecule has 0 aliphatic carbocycles. The number of halogens is 2. The molecule has 0 heterocycles. The van der Waals surface area contributed by atoms with Gasteiger partial charge in [-0.05, 0) is 17.4 Å². The Bertz CT molecular complexity index is 188. The van der Waals surface area contributed by atoms with E-state index in [0.29, 0.717) is 6.16 Å². The van der Waals surface area contributed by atoms with Crippen LogP contribution in [0.4, 0.5) is 0 Å². The second kappa shape index (κ2) is 7.60. The summed E-state index contributed by atoms with van der Waals surface area (Å²) in [6, 6.07) is 0. The van der Waals surface area contributed by atoms with Crippen LogP contribution in [0, 0.1) is 0 Å². The summed E-state index contributed by atoms with van der Waals surface area (Å²) in [6.45, 7) is 3.54. The van der Waals surface area contributed by atoms with Crippen LogP contribution < -0.4 is 0 Å². The van der Waals surface area contributed by atoms with Crippen molar-refractivity contribution in [2.45, 2.75) is 12.8 Å². The lowest BCUT2D eigenvalue weighted by molar-refractivity contribution is 0.461. The minimum Gasteiger partial charge on any atom is -0.260 e. The largest absolute Gasteiger partial charge is 0.555 e. The Morgan fingerprint density at radius 2 is 2.25 bits per heavy atom. The smallest absolute Gasteiger partial charge is 0.260 e. The maximum atomic E-state index is 11.0. The highest BCUT2D eigenvalue weighted by Crippen LogP contribution is 2.25. The number of unbranched alkanes of at least 4 members (excludes halogenated alkanes) is 1. The van der Waals surface area contributed by atoms with E-state index in [9.17, 15) is 4.57 Å². The predicted octanol–water partition coefficient (Wildman–Crippen LogP) is 3.99. The summed E-state index contributed by atoms with van der Waals surface area (Å²) >= 11 is 10.5. The highest BCUT2D eigenvalue weighted by atomic mass is 35.5. The fourth-order valence-corrected chi connectivity index (χ4v) is 1.50. The van der Waals surface area contributed by atoms with Crippen molar-refractivity contribution in [1.82, 2.24) is 0 Å². The molecule has 68 valence electrons. The Hall–Kier alpha value is -0.0400. The van der Waals surface area contributed by atoms with Crippen molar-refractivity contribution in [3.05, 3.63) is 23.4 Å². The van der Waals surface area contributed by atoms with Crippen LogP contribution in [0.3, 0.4) is 0 Å². The third-order valence-corrected chi connectivity index (χ3v) is 2.21. The SMILES string of the molecule is C=CCCC[P+](=O)OC=C(Cl)Cl. The number of hydrogen-bond acceptors (Lipinski definition) is 2. The van der Waals surface area contributed by atoms with Gasteiger partial charge in [0.1, 0.15) is 4.49 Å². The molecule has 0 radical (unpaired) electrons. The summed E-state index contributed by atoms with van der Waals surface area (Å²) < 4.78 is 15.6. The van der Waals surface area contributed by atoms with Crippen molar-refractivity contribution < 1.29 is 9.09 Å². The Balaban J connectivity index is 3.47. The molecule has 0 rings (SSSR count). The molecule has 1 unspecified atom stereocenters. The molecule has 0 bridgehead atoms. The van der Waals surface area contributed by atoms with E-state index in [-0.39, 0.29) is 4.49 Å². The fourth-order valence-electron chi connectivity index (χ4n) is 0.516. The highest BCUT2D eigenvalue weighted by Gasteiger charge is 2.14. The molecule has 0 aliphatic rings. The molecule has 0 aromatic rings. The van der Waals surface area contributed by atoms with Crippen LogP contribution in [-0.4, -0.2) is 6.16 Å². The lowest BCUT2D eigenvalue weighted by atomic mass is 10.3. The lowest BCUT2D eigenvalue weighted by Crippen LogP contribution is -1.78. The van der Waals surface area contributed by atoms with Gasteiger partial charge in [-0.1, -0.05) is 29.3 Å². The van der Waals surface area contributed by atoms with E-state index in [4.69, 9.17) is 27.7 Å². The molecular weight excluding hydrogens is 218 g/mol. The average molecular weight is 228 g/mol. The van der Waals surface area contributed by atoms with Crippen molar-refractivity contribution in [1.29, 1.82) is 0 Å². The summed E-state index contributed by atoms with van der Waals surface area (Å²) in [5.74, 6) is 0. The second-order valence-corrected chi connectivity index (χ2v) is 4.33. The summed E-state index contributed by atoms with van der Waals surface area (Å²) in [5.41, 5.74) is 0. The highest BCUT2D eigenvalue weighted by molar-refractivity contribution is 7.39. The Labute approximate surface area is 83.1 Å². The number of hydrogen-bond donors (Lipinski definition) is 0. The summed E-state index contributed by atoms with van der Waals surface area (Å²) in [4.78, 5) is 0. The van der Waals surface area contributed by atoms with Gasteiger partial charge in [0.2, 0.25) is 0 Å². The first kappa shape index (κ1) is 12.0. The lowest BCUT2D eigenvalue weighted by Gasteiger charge is -1.84. The predicted molar refractivity (Wildman–Crippen MR) is 52.8 cm³/mol. The van der Waals surface area contributed by atoms with Gasteiger partial charge in [0.15, 0.2) is 12.4 Å². The van der Waals surface area contributed by atoms with Crippen molar-refractivity contribution in [2.75, 3.05) is 6.16 Å². The standard InChI is InChI=1S/C7H10Cl2O2P/c1-2-3-4-5-12(10)11-6-7(8)9/h2,6H,1,3-5H2/q+1. The fraction of sp³-hybridized carbons (Fsp3) is 0.429. The van der Waals surface area contributed by atoms with Gasteiger partial charge in [0.05, 0.1) is 0 Å². The number of rotatable bonds is 6. The topological polar surface area (TPSA) is 26.3 Å². The van der Waals surface area contributed by atoms with Crippen molar-refractivity contribution >= 4 is 31.2 Å². The molecule has 0 saturated carbocycles. The van der Waals surface area contributed by atoms with E-state index in [1.54, 1.807) is 6.08 Å². The number of allylic oxidation sites excluding steroid dienone is 1. The molecule has 0 spiro atoms. The second-order valence-electron chi connectivity index (χ2n) is 2.00. The molecule has 12 heavy (non-hydrogen) atoms. The van der Waals surface area contributed by atoms with Crippen LogP contribution in [0.25, 0.3) is 0 Å². The third kappa shape index (κ3) is 8.06. The van der Waals surface area contributed by atoms with E-state index in [2.05, 4.69) is 6.58 Å². The van der Waals surface area contributed by atoms with E-state index < -0.39 is 8.03 Å². The maximum absolute atomic E-state index is 11.0. The van der Waals surface area contributed by atoms with Gasteiger partial charge in [-0.25, -0.2) is 0 Å². The van der Waals surface area contributed by atoms with Gasteiger partial charge in [0, 0.05) is 0 Å². The van der Waals surface area contributed by atoms with Gasteiger partial charge in [0.25, 0.3) is 0 Å². The van der Waals surface area contributed by atoms with Crippen LogP contribution in [0.5, 0.6) is 0 Å². The average Bonchev–Trinajstić information content (AvgIpc) is 2.01. The van der Waals surface area contributed by atoms with E-state index in [0.717, 1.165) is 19.1 Å². The van der Waals surface area contributed by atoms with Gasteiger partial charge in [-0.3, -0.25) is 4.52 Å². The normalized spacial score (nSPS) is 10.3. The Morgan fingerprint density at radius 1 is 1.58 bits per heavy atom. The first-order valence-corrected chi connectivity index (χ1v) is 5.52. The van der Waals surface area contributed by atoms with E-state index >= 15 is 0 Å². The zero-order valence-electron chi connectivity index (χ0n) is 6.50. The van der Waals surface area contributed by atoms with Gasteiger partial charge in [-0.15, -0.1) is 6.58 Å². The minimum atomic E-state index is -1.67. The molecule has 0 amide bonds. The van der Waals surface area contributed by atoms with Crippen molar-refractivity contribution in [2.24, 2.45) is 0 Å². The van der Waals surface area contributed by atoms with Crippen LogP contribution in [0.2, 0.25) is 0 Å². The molecule has 0 aromatic heterocycles. The first-order valence-electron chi connectivity index (χ1n) is 3.40.